The first kappa shape index (κ1) is 15.5. The van der Waals surface area contributed by atoms with Crippen LogP contribution in [0.3, 0.4) is 0 Å². The molecule has 1 aromatic heterocycles. The van der Waals surface area contributed by atoms with Gasteiger partial charge in [-0.15, -0.1) is 0 Å². The van der Waals surface area contributed by atoms with E-state index in [1.807, 2.05) is 13.8 Å². The molecule has 0 bridgehead atoms. The predicted octanol–water partition coefficient (Wildman–Crippen LogP) is 2.84. The lowest BCUT2D eigenvalue weighted by atomic mass is 9.73. The maximum absolute atomic E-state index is 12.9. The lowest BCUT2D eigenvalue weighted by Crippen LogP contribution is -2.36. The summed E-state index contributed by atoms with van der Waals surface area (Å²) in [6, 6.07) is 5.84. The van der Waals surface area contributed by atoms with Gasteiger partial charge in [-0.2, -0.15) is 10.1 Å². The van der Waals surface area contributed by atoms with Crippen LogP contribution in [0.15, 0.2) is 41.9 Å². The molecule has 2 heterocycles. The zero-order valence-corrected chi connectivity index (χ0v) is 13.9. The molecule has 8 heteroatoms. The van der Waals surface area contributed by atoms with E-state index in [1.165, 1.54) is 12.4 Å². The van der Waals surface area contributed by atoms with Crippen LogP contribution >= 0.6 is 0 Å². The number of allylic oxidation sites excluding steroid dienone is 2. The smallest absolute Gasteiger partial charge is 0.275 e. The summed E-state index contributed by atoms with van der Waals surface area (Å²) >= 11 is 0. The number of hydrogen-bond donors (Lipinski definition) is 1. The van der Waals surface area contributed by atoms with Crippen molar-refractivity contribution in [2.24, 2.45) is 5.41 Å². The third-order valence-corrected chi connectivity index (χ3v) is 4.70. The Hall–Kier alpha value is -3.03. The molecule has 25 heavy (non-hydrogen) atoms. The third-order valence-electron chi connectivity index (χ3n) is 4.70. The second-order valence-corrected chi connectivity index (χ2v) is 7.20. The maximum Gasteiger partial charge on any atom is 0.275 e. The average molecular weight is 339 g/mol. The van der Waals surface area contributed by atoms with Gasteiger partial charge in [0.15, 0.2) is 5.78 Å². The second-order valence-electron chi connectivity index (χ2n) is 7.20. The molecule has 1 N–H and O–H groups in total. The Balaban J connectivity index is 1.96. The fourth-order valence-corrected chi connectivity index (χ4v) is 3.72. The van der Waals surface area contributed by atoms with Gasteiger partial charge < -0.3 is 5.32 Å². The summed E-state index contributed by atoms with van der Waals surface area (Å²) < 4.78 is 1.55. The van der Waals surface area contributed by atoms with Gasteiger partial charge in [-0.1, -0.05) is 26.0 Å². The second kappa shape index (κ2) is 5.23. The number of carbonyl (C=O) groups is 1. The Labute approximate surface area is 143 Å². The van der Waals surface area contributed by atoms with Gasteiger partial charge in [0.25, 0.3) is 5.69 Å². The monoisotopic (exact) mass is 339 g/mol. The molecular formula is C17H17N5O3. The van der Waals surface area contributed by atoms with Crippen molar-refractivity contribution < 1.29 is 9.72 Å². The van der Waals surface area contributed by atoms with E-state index in [4.69, 9.17) is 0 Å². The van der Waals surface area contributed by atoms with Crippen LogP contribution in [-0.2, 0) is 4.79 Å². The van der Waals surface area contributed by atoms with Crippen LogP contribution in [-0.4, -0.2) is 25.5 Å². The quantitative estimate of drug-likeness (QED) is 0.666. The van der Waals surface area contributed by atoms with Gasteiger partial charge in [0.05, 0.1) is 10.5 Å². The fourth-order valence-electron chi connectivity index (χ4n) is 3.72. The first-order valence-electron chi connectivity index (χ1n) is 8.03. The first-order chi connectivity index (χ1) is 11.9. The van der Waals surface area contributed by atoms with Crippen LogP contribution < -0.4 is 5.32 Å². The zero-order valence-electron chi connectivity index (χ0n) is 13.9. The van der Waals surface area contributed by atoms with E-state index in [0.29, 0.717) is 29.9 Å². The van der Waals surface area contributed by atoms with E-state index >= 15 is 0 Å². The van der Waals surface area contributed by atoms with Gasteiger partial charge in [0.2, 0.25) is 5.95 Å². The Kier molecular flexibility index (Phi) is 3.24. The molecule has 128 valence electrons. The Bertz CT molecular complexity index is 928. The van der Waals surface area contributed by atoms with Crippen molar-refractivity contribution in [1.29, 1.82) is 0 Å². The highest BCUT2D eigenvalue weighted by molar-refractivity contribution is 6.00. The van der Waals surface area contributed by atoms with Gasteiger partial charge in [-0.05, 0) is 17.9 Å². The van der Waals surface area contributed by atoms with Crippen molar-refractivity contribution >= 4 is 17.4 Å². The van der Waals surface area contributed by atoms with E-state index in [-0.39, 0.29) is 16.9 Å². The molecule has 0 saturated carbocycles. The topological polar surface area (TPSA) is 103 Å². The lowest BCUT2D eigenvalue weighted by Gasteiger charge is -2.38. The van der Waals surface area contributed by atoms with Crippen LogP contribution in [0.25, 0.3) is 0 Å². The zero-order chi connectivity index (χ0) is 17.8. The molecule has 1 aliphatic heterocycles. The number of Topliss-reactive ketones (excluding diaryl/α,β-unsaturated/α-hetero) is 1. The highest BCUT2D eigenvalue weighted by Crippen LogP contribution is 2.46. The number of nitro groups is 1. The molecule has 1 aromatic carbocycles. The Morgan fingerprint density at radius 2 is 2.08 bits per heavy atom. The highest BCUT2D eigenvalue weighted by atomic mass is 16.6. The lowest BCUT2D eigenvalue weighted by molar-refractivity contribution is -0.385. The standard InChI is InChI=1S/C17H17N5O3/c1-17(2)7-11-14(13(23)8-17)15(21-16(20-11)18-9-19-21)10-5-3-4-6-12(10)22(24)25/h3-6,9,15H,7-8H2,1-2H3,(H,18,19,20)/t15-/m0/s1. The summed E-state index contributed by atoms with van der Waals surface area (Å²) in [5.41, 5.74) is 1.58. The number of hydrogen-bond acceptors (Lipinski definition) is 6. The van der Waals surface area contributed by atoms with Crippen molar-refractivity contribution in [3.63, 3.8) is 0 Å². The fraction of sp³-hybridized carbons (Fsp3) is 0.353. The summed E-state index contributed by atoms with van der Waals surface area (Å²) in [5, 5.41) is 18.9. The molecule has 0 saturated heterocycles. The maximum atomic E-state index is 12.9. The van der Waals surface area contributed by atoms with Crippen LogP contribution in [0.2, 0.25) is 0 Å². The number of rotatable bonds is 2. The number of fused-ring (bicyclic) bond motifs is 1. The molecule has 1 atom stereocenters. The van der Waals surface area contributed by atoms with Crippen LogP contribution in [0.5, 0.6) is 0 Å². The normalized spacial score (nSPS) is 21.4. The SMILES string of the molecule is CC1(C)CC(=O)C2=C(C1)Nc1ncnn1[C@H]2c1ccccc1[N+](=O)[O-]. The number of nitrogens with one attached hydrogen (secondary N) is 1. The van der Waals surface area contributed by atoms with E-state index in [2.05, 4.69) is 15.4 Å². The molecule has 0 fully saturated rings. The molecule has 2 aromatic rings. The summed E-state index contributed by atoms with van der Waals surface area (Å²) in [7, 11) is 0. The summed E-state index contributed by atoms with van der Waals surface area (Å²) in [4.78, 5) is 28.2. The van der Waals surface area contributed by atoms with Crippen LogP contribution in [0.4, 0.5) is 11.6 Å². The molecular weight excluding hydrogens is 322 g/mol. The summed E-state index contributed by atoms with van der Waals surface area (Å²) in [6.45, 7) is 4.07. The van der Waals surface area contributed by atoms with E-state index in [9.17, 15) is 14.9 Å². The molecule has 0 spiro atoms. The van der Waals surface area contributed by atoms with Crippen molar-refractivity contribution in [3.8, 4) is 0 Å². The Morgan fingerprint density at radius 3 is 2.84 bits per heavy atom. The number of para-hydroxylation sites is 1. The molecule has 8 nitrogen and oxygen atoms in total. The molecule has 0 radical (unpaired) electrons. The van der Waals surface area contributed by atoms with Crippen molar-refractivity contribution in [3.05, 3.63) is 57.5 Å². The molecule has 0 unspecified atom stereocenters. The third kappa shape index (κ3) is 2.41. The first-order valence-corrected chi connectivity index (χ1v) is 8.03. The van der Waals surface area contributed by atoms with E-state index < -0.39 is 11.0 Å². The summed E-state index contributed by atoms with van der Waals surface area (Å²) in [5.74, 6) is 0.482. The van der Waals surface area contributed by atoms with Gasteiger partial charge in [-0.25, -0.2) is 4.68 Å². The van der Waals surface area contributed by atoms with E-state index in [1.54, 1.807) is 22.9 Å². The number of aromatic nitrogens is 3. The van der Waals surface area contributed by atoms with Crippen molar-refractivity contribution in [1.82, 2.24) is 14.8 Å². The number of anilines is 1. The Morgan fingerprint density at radius 1 is 1.32 bits per heavy atom. The number of ketones is 1. The minimum Gasteiger partial charge on any atom is -0.328 e. The van der Waals surface area contributed by atoms with Crippen molar-refractivity contribution in [2.45, 2.75) is 32.7 Å². The number of nitrogens with zero attached hydrogens (tertiary/aromatic N) is 4. The van der Waals surface area contributed by atoms with E-state index in [0.717, 1.165) is 5.70 Å². The highest BCUT2D eigenvalue weighted by Gasteiger charge is 2.43. The largest absolute Gasteiger partial charge is 0.328 e. The van der Waals surface area contributed by atoms with Gasteiger partial charge in [-0.3, -0.25) is 14.9 Å². The molecule has 0 amide bonds. The van der Waals surface area contributed by atoms with Crippen molar-refractivity contribution in [2.75, 3.05) is 5.32 Å². The van der Waals surface area contributed by atoms with Gasteiger partial charge in [0.1, 0.15) is 12.4 Å². The predicted molar refractivity (Wildman–Crippen MR) is 89.9 cm³/mol. The molecule has 4 rings (SSSR count). The van der Waals surface area contributed by atoms with Gasteiger partial charge >= 0.3 is 0 Å². The summed E-state index contributed by atoms with van der Waals surface area (Å²) in [6.07, 6.45) is 2.46. The number of carbonyl (C=O) groups excluding carboxylic acids is 1. The number of nitro benzene ring substituents is 1. The number of benzene rings is 1. The molecule has 2 aliphatic rings. The average Bonchev–Trinajstić information content (AvgIpc) is 2.99. The minimum absolute atomic E-state index is 0.0111. The van der Waals surface area contributed by atoms with Crippen LogP contribution in [0.1, 0.15) is 38.3 Å². The molecule has 1 aliphatic carbocycles. The van der Waals surface area contributed by atoms with Crippen LogP contribution in [0, 0.1) is 15.5 Å². The van der Waals surface area contributed by atoms with Gasteiger partial charge in [0, 0.05) is 23.8 Å². The minimum atomic E-state index is -0.640.